The largest absolute Gasteiger partial charge is 0.402 e. The van der Waals surface area contributed by atoms with Gasteiger partial charge in [-0.3, -0.25) is 9.79 Å². The fourth-order valence-corrected chi connectivity index (χ4v) is 4.35. The zero-order chi connectivity index (χ0) is 23.7. The van der Waals surface area contributed by atoms with Gasteiger partial charge in [-0.25, -0.2) is 4.39 Å². The molecule has 0 bridgehead atoms. The number of benzene rings is 2. The Bertz CT molecular complexity index is 1210. The Morgan fingerprint density at radius 2 is 1.91 bits per heavy atom. The lowest BCUT2D eigenvalue weighted by Crippen LogP contribution is -2.41. The predicted octanol–water partition coefficient (Wildman–Crippen LogP) is 5.80. The second-order valence-electron chi connectivity index (χ2n) is 8.95. The summed E-state index contributed by atoms with van der Waals surface area (Å²) in [5.74, 6) is -0.106. The molecule has 0 saturated carbocycles. The maximum Gasteiger partial charge on any atom is 0.270 e. The minimum Gasteiger partial charge on any atom is -0.402 e. The number of aromatic nitrogens is 1. The van der Waals surface area contributed by atoms with Crippen LogP contribution < -0.4 is 5.73 Å². The lowest BCUT2D eigenvalue weighted by atomic mass is 9.91. The second kappa shape index (κ2) is 9.22. The zero-order valence-corrected chi connectivity index (χ0v) is 19.7. The standard InChI is InChI=1S/C27H31FN4O/c1-5-16(2)26(30-20-12-17(3)25(28)18(4)13-20)21-15-32(11-10-22(21)29)27(33)24-14-19-8-6-7-9-23(19)31-24/h6-9,12-14,16,31H,5,10-11,15,29H2,1-4H3. The van der Waals surface area contributed by atoms with Crippen LogP contribution in [-0.4, -0.2) is 34.6 Å². The summed E-state index contributed by atoms with van der Waals surface area (Å²) in [6.07, 6.45) is 1.48. The zero-order valence-electron chi connectivity index (χ0n) is 19.7. The van der Waals surface area contributed by atoms with Crippen LogP contribution in [0.5, 0.6) is 0 Å². The maximum atomic E-state index is 14.1. The summed E-state index contributed by atoms with van der Waals surface area (Å²) < 4.78 is 14.1. The van der Waals surface area contributed by atoms with E-state index < -0.39 is 0 Å². The van der Waals surface area contributed by atoms with E-state index >= 15 is 0 Å². The predicted molar refractivity (Wildman–Crippen MR) is 132 cm³/mol. The average molecular weight is 447 g/mol. The van der Waals surface area contributed by atoms with Gasteiger partial charge in [-0.1, -0.05) is 32.0 Å². The number of rotatable bonds is 5. The Labute approximate surface area is 194 Å². The normalized spacial score (nSPS) is 15.9. The Kier molecular flexibility index (Phi) is 6.36. The highest BCUT2D eigenvalue weighted by Gasteiger charge is 2.28. The Hall–Kier alpha value is -3.41. The number of carbonyl (C=O) groups is 1. The van der Waals surface area contributed by atoms with Gasteiger partial charge in [-0.05, 0) is 61.6 Å². The van der Waals surface area contributed by atoms with Crippen molar-refractivity contribution < 1.29 is 9.18 Å². The number of nitrogens with one attached hydrogen (secondary N) is 1. The number of amides is 1. The fraction of sp³-hybridized carbons (Fsp3) is 0.333. The van der Waals surface area contributed by atoms with Crippen molar-refractivity contribution in [1.29, 1.82) is 0 Å². The minimum absolute atomic E-state index is 0.0480. The van der Waals surface area contributed by atoms with Crippen LogP contribution in [0.15, 0.2) is 58.7 Å². The lowest BCUT2D eigenvalue weighted by Gasteiger charge is -2.31. The minimum atomic E-state index is -0.203. The molecule has 0 aliphatic carbocycles. The highest BCUT2D eigenvalue weighted by atomic mass is 19.1. The molecule has 5 nitrogen and oxygen atoms in total. The van der Waals surface area contributed by atoms with Crippen LogP contribution in [0.2, 0.25) is 0 Å². The number of nitrogens with zero attached hydrogens (tertiary/aromatic N) is 2. The van der Waals surface area contributed by atoms with Crippen LogP contribution in [0, 0.1) is 25.6 Å². The molecule has 2 aromatic carbocycles. The number of aliphatic imine (C=N–C) groups is 1. The molecule has 0 radical (unpaired) electrons. The quantitative estimate of drug-likeness (QED) is 0.486. The number of aromatic amines is 1. The summed E-state index contributed by atoms with van der Waals surface area (Å²) >= 11 is 0. The van der Waals surface area contributed by atoms with Gasteiger partial charge in [0.2, 0.25) is 0 Å². The first-order chi connectivity index (χ1) is 15.8. The maximum absolute atomic E-state index is 14.1. The highest BCUT2D eigenvalue weighted by molar-refractivity contribution is 6.05. The Morgan fingerprint density at radius 1 is 1.21 bits per heavy atom. The molecule has 1 aromatic heterocycles. The van der Waals surface area contributed by atoms with E-state index in [9.17, 15) is 9.18 Å². The number of nitrogens with two attached hydrogens (primary N) is 1. The van der Waals surface area contributed by atoms with E-state index in [2.05, 4.69) is 18.8 Å². The van der Waals surface area contributed by atoms with E-state index in [0.717, 1.165) is 34.3 Å². The number of halogens is 1. The van der Waals surface area contributed by atoms with Crippen molar-refractivity contribution in [3.8, 4) is 0 Å². The van der Waals surface area contributed by atoms with E-state index in [1.54, 1.807) is 26.0 Å². The number of aryl methyl sites for hydroxylation is 2. The smallest absolute Gasteiger partial charge is 0.270 e. The summed E-state index contributed by atoms with van der Waals surface area (Å²) in [7, 11) is 0. The van der Waals surface area contributed by atoms with Crippen LogP contribution in [0.4, 0.5) is 10.1 Å². The van der Waals surface area contributed by atoms with Crippen LogP contribution in [-0.2, 0) is 0 Å². The summed E-state index contributed by atoms with van der Waals surface area (Å²) in [6, 6.07) is 13.3. The van der Waals surface area contributed by atoms with Crippen LogP contribution in [0.1, 0.15) is 48.3 Å². The number of para-hydroxylation sites is 1. The van der Waals surface area contributed by atoms with Gasteiger partial charge in [-0.15, -0.1) is 0 Å². The molecule has 1 unspecified atom stereocenters. The Balaban J connectivity index is 1.67. The van der Waals surface area contributed by atoms with Crippen molar-refractivity contribution in [3.63, 3.8) is 0 Å². The van der Waals surface area contributed by atoms with Gasteiger partial charge in [0.1, 0.15) is 11.5 Å². The van der Waals surface area contributed by atoms with Crippen molar-refractivity contribution in [1.82, 2.24) is 9.88 Å². The topological polar surface area (TPSA) is 74.5 Å². The molecule has 2 heterocycles. The van der Waals surface area contributed by atoms with Crippen molar-refractivity contribution in [2.24, 2.45) is 16.6 Å². The third-order valence-corrected chi connectivity index (χ3v) is 6.49. The number of hydrogen-bond donors (Lipinski definition) is 2. The van der Waals surface area contributed by atoms with E-state index in [-0.39, 0.29) is 17.6 Å². The van der Waals surface area contributed by atoms with Gasteiger partial charge in [0.25, 0.3) is 5.91 Å². The molecule has 0 saturated heterocycles. The monoisotopic (exact) mass is 446 g/mol. The van der Waals surface area contributed by atoms with Gasteiger partial charge in [0.05, 0.1) is 11.4 Å². The van der Waals surface area contributed by atoms with Crippen LogP contribution >= 0.6 is 0 Å². The Morgan fingerprint density at radius 3 is 2.58 bits per heavy atom. The lowest BCUT2D eigenvalue weighted by molar-refractivity contribution is 0.0761. The van der Waals surface area contributed by atoms with Gasteiger partial charge in [-0.2, -0.15) is 0 Å². The van der Waals surface area contributed by atoms with Gasteiger partial charge in [0.15, 0.2) is 0 Å². The number of hydrogen-bond acceptors (Lipinski definition) is 3. The molecular formula is C27H31FN4O. The van der Waals surface area contributed by atoms with Crippen molar-refractivity contribution in [3.05, 3.63) is 76.4 Å². The molecule has 3 N–H and O–H groups in total. The van der Waals surface area contributed by atoms with E-state index in [4.69, 9.17) is 10.7 Å². The molecule has 0 fully saturated rings. The second-order valence-corrected chi connectivity index (χ2v) is 8.95. The molecule has 33 heavy (non-hydrogen) atoms. The third-order valence-electron chi connectivity index (χ3n) is 6.49. The van der Waals surface area contributed by atoms with E-state index in [1.807, 2.05) is 35.2 Å². The first kappa shape index (κ1) is 22.8. The highest BCUT2D eigenvalue weighted by Crippen LogP contribution is 2.28. The molecule has 1 aliphatic heterocycles. The first-order valence-electron chi connectivity index (χ1n) is 11.5. The summed E-state index contributed by atoms with van der Waals surface area (Å²) in [4.78, 5) is 23.3. The number of H-pyrrole nitrogens is 1. The molecule has 172 valence electrons. The van der Waals surface area contributed by atoms with Gasteiger partial charge >= 0.3 is 0 Å². The molecule has 4 rings (SSSR count). The summed E-state index contributed by atoms with van der Waals surface area (Å²) in [6.45, 7) is 8.68. The van der Waals surface area contributed by atoms with Gasteiger partial charge in [0, 0.05) is 41.7 Å². The molecule has 0 spiro atoms. The fourth-order valence-electron chi connectivity index (χ4n) is 4.35. The molecule has 1 atom stereocenters. The van der Waals surface area contributed by atoms with Crippen molar-refractivity contribution >= 4 is 28.2 Å². The SMILES string of the molecule is CCC(C)C(=Nc1cc(C)c(F)c(C)c1)C1=C(N)CCN(C(=O)c2cc3ccccc3[nH]2)C1. The molecule has 6 heteroatoms. The van der Waals surface area contributed by atoms with Crippen LogP contribution in [0.3, 0.4) is 0 Å². The van der Waals surface area contributed by atoms with Crippen LogP contribution in [0.25, 0.3) is 10.9 Å². The molecule has 1 aliphatic rings. The first-order valence-corrected chi connectivity index (χ1v) is 11.5. The number of carbonyl (C=O) groups excluding carboxylic acids is 1. The van der Waals surface area contributed by atoms with Gasteiger partial charge < -0.3 is 15.6 Å². The third kappa shape index (κ3) is 4.56. The van der Waals surface area contributed by atoms with E-state index in [0.29, 0.717) is 42.0 Å². The summed E-state index contributed by atoms with van der Waals surface area (Å²) in [5, 5.41) is 1.01. The molecule has 1 amide bonds. The van der Waals surface area contributed by atoms with Crippen molar-refractivity contribution in [2.75, 3.05) is 13.1 Å². The van der Waals surface area contributed by atoms with E-state index in [1.165, 1.54) is 0 Å². The van der Waals surface area contributed by atoms with Crippen molar-refractivity contribution in [2.45, 2.75) is 40.5 Å². The average Bonchev–Trinajstić information content (AvgIpc) is 3.25. The molecular weight excluding hydrogens is 415 g/mol. The molecule has 3 aromatic rings. The summed E-state index contributed by atoms with van der Waals surface area (Å²) in [5.41, 5.74) is 12.4. The number of fused-ring (bicyclic) bond motifs is 1.